The van der Waals surface area contributed by atoms with E-state index in [0.717, 1.165) is 47.0 Å². The van der Waals surface area contributed by atoms with Crippen molar-refractivity contribution in [2.45, 2.75) is 99.6 Å². The lowest BCUT2D eigenvalue weighted by molar-refractivity contribution is -0.132. The van der Waals surface area contributed by atoms with E-state index in [0.29, 0.717) is 28.2 Å². The summed E-state index contributed by atoms with van der Waals surface area (Å²) in [7, 11) is 0. The van der Waals surface area contributed by atoms with Crippen molar-refractivity contribution in [1.29, 1.82) is 0 Å². The molecule has 0 radical (unpaired) electrons. The molecule has 0 aliphatic heterocycles. The van der Waals surface area contributed by atoms with Gasteiger partial charge in [-0.2, -0.15) is 4.98 Å². The maximum Gasteiger partial charge on any atom is 0.407 e. The van der Waals surface area contributed by atoms with Gasteiger partial charge in [-0.1, -0.05) is 113 Å². The number of nitrogens with one attached hydrogen (secondary N) is 3. The number of carbonyl (C=O) groups excluding carboxylic acids is 3. The maximum absolute atomic E-state index is 13.5. The zero-order chi connectivity index (χ0) is 36.1. The van der Waals surface area contributed by atoms with Crippen molar-refractivity contribution in [2.24, 2.45) is 11.3 Å². The van der Waals surface area contributed by atoms with Gasteiger partial charge in [-0.15, -0.1) is 0 Å². The smallest absolute Gasteiger partial charge is 0.407 e. The Morgan fingerprint density at radius 2 is 1.80 bits per heavy atom. The van der Waals surface area contributed by atoms with Gasteiger partial charge in [-0.3, -0.25) is 9.59 Å². The highest BCUT2D eigenvalue weighted by Crippen LogP contribution is 2.42. The van der Waals surface area contributed by atoms with Gasteiger partial charge in [0.25, 0.3) is 0 Å². The molecule has 2 aromatic heterocycles. The minimum absolute atomic E-state index is 0.00298. The standard InChI is InChI=1S/C22H26Cl2N4O2.C11H13NO3.C4H10/c1-5-11(2)18(20-25-12(3)28-30-20)27-21(29)22(4)7-6-17-15(10-22)14-8-13(23)9-16(24)19(14)26-17;1-9(13)7-12-11(14)15-8-10-5-3-2-4-6-10;1-3-4-2/h8-9,11,18,26H,5-7,10H2,1-4H3,(H,27,29);2-6H,7-8H2,1H3,(H,12,14);3-4H2,1-2H3/t11?,18-,22+;;/m0../s1. The molecule has 1 aliphatic rings. The van der Waals surface area contributed by atoms with E-state index in [1.807, 2.05) is 43.3 Å². The molecule has 4 aromatic rings. The number of fused-ring (bicyclic) bond motifs is 3. The van der Waals surface area contributed by atoms with E-state index in [9.17, 15) is 14.4 Å². The summed E-state index contributed by atoms with van der Waals surface area (Å²) < 4.78 is 10.3. The Bertz CT molecular complexity index is 1690. The minimum atomic E-state index is -0.575. The summed E-state index contributed by atoms with van der Waals surface area (Å²) in [5.74, 6) is 1.08. The number of H-pyrrole nitrogens is 1. The van der Waals surface area contributed by atoms with E-state index in [4.69, 9.17) is 32.5 Å². The number of hydrogen-bond acceptors (Lipinski definition) is 7. The lowest BCUT2D eigenvalue weighted by Gasteiger charge is -2.34. The molecule has 2 amide bonds. The summed E-state index contributed by atoms with van der Waals surface area (Å²) in [6.45, 7) is 13.9. The molecular formula is C37H49Cl2N5O5. The van der Waals surface area contributed by atoms with E-state index >= 15 is 0 Å². The third kappa shape index (κ3) is 11.3. The topological polar surface area (TPSA) is 139 Å². The minimum Gasteiger partial charge on any atom is -0.445 e. The molecular weight excluding hydrogens is 665 g/mol. The van der Waals surface area contributed by atoms with Crippen LogP contribution in [0.4, 0.5) is 4.79 Å². The number of alkyl carbamates (subject to hydrolysis) is 1. The van der Waals surface area contributed by atoms with Gasteiger partial charge in [0, 0.05) is 16.1 Å². The van der Waals surface area contributed by atoms with Gasteiger partial charge in [0.1, 0.15) is 18.4 Å². The maximum atomic E-state index is 13.5. The zero-order valence-electron chi connectivity index (χ0n) is 29.5. The molecule has 0 bridgehead atoms. The molecule has 12 heteroatoms. The molecule has 0 saturated heterocycles. The normalized spacial score (nSPS) is 16.2. The number of unbranched alkanes of at least 4 members (excludes halogenated alkanes) is 1. The number of aromatic amines is 1. The Kier molecular flexibility index (Phi) is 15.1. The van der Waals surface area contributed by atoms with Gasteiger partial charge in [-0.25, -0.2) is 4.79 Å². The average Bonchev–Trinajstić information content (AvgIpc) is 3.68. The fourth-order valence-corrected chi connectivity index (χ4v) is 5.77. The molecule has 3 atom stereocenters. The molecule has 3 N–H and O–H groups in total. The number of amides is 2. The van der Waals surface area contributed by atoms with Crippen LogP contribution in [-0.2, 0) is 33.8 Å². The second-order valence-electron chi connectivity index (χ2n) is 12.8. The predicted molar refractivity (Wildman–Crippen MR) is 194 cm³/mol. The summed E-state index contributed by atoms with van der Waals surface area (Å²) in [6.07, 6.45) is 5.07. The van der Waals surface area contributed by atoms with Crippen molar-refractivity contribution in [3.8, 4) is 0 Å². The molecule has 2 aromatic carbocycles. The molecule has 2 heterocycles. The first-order chi connectivity index (χ1) is 23.3. The highest BCUT2D eigenvalue weighted by molar-refractivity contribution is 6.38. The summed E-state index contributed by atoms with van der Waals surface area (Å²) in [5.41, 5.74) is 3.49. The van der Waals surface area contributed by atoms with Gasteiger partial charge < -0.3 is 24.9 Å². The summed E-state index contributed by atoms with van der Waals surface area (Å²) in [4.78, 5) is 42.8. The fraction of sp³-hybridized carbons (Fsp3) is 0.486. The van der Waals surface area contributed by atoms with Gasteiger partial charge >= 0.3 is 6.09 Å². The van der Waals surface area contributed by atoms with Gasteiger partial charge in [0.05, 0.1) is 22.5 Å². The van der Waals surface area contributed by atoms with Gasteiger partial charge in [0.2, 0.25) is 11.8 Å². The number of benzene rings is 2. The molecule has 49 heavy (non-hydrogen) atoms. The Balaban J connectivity index is 0.000000286. The molecule has 0 spiro atoms. The Labute approximate surface area is 299 Å². The molecule has 1 unspecified atom stereocenters. The largest absolute Gasteiger partial charge is 0.445 e. The zero-order valence-corrected chi connectivity index (χ0v) is 31.1. The third-order valence-corrected chi connectivity index (χ3v) is 9.08. The third-order valence-electron chi connectivity index (χ3n) is 8.57. The molecule has 266 valence electrons. The number of aryl methyl sites for hydroxylation is 2. The lowest BCUT2D eigenvalue weighted by atomic mass is 9.73. The number of ether oxygens (including phenoxy) is 1. The van der Waals surface area contributed by atoms with Crippen LogP contribution in [0.5, 0.6) is 0 Å². The van der Waals surface area contributed by atoms with Crippen molar-refractivity contribution in [2.75, 3.05) is 6.54 Å². The molecule has 10 nitrogen and oxygen atoms in total. The number of nitrogens with zero attached hydrogens (tertiary/aromatic N) is 2. The summed E-state index contributed by atoms with van der Waals surface area (Å²) in [5, 5.41) is 11.6. The summed E-state index contributed by atoms with van der Waals surface area (Å²) >= 11 is 12.6. The van der Waals surface area contributed by atoms with Crippen molar-refractivity contribution in [1.82, 2.24) is 25.8 Å². The van der Waals surface area contributed by atoms with Crippen LogP contribution in [0.25, 0.3) is 10.9 Å². The van der Waals surface area contributed by atoms with Crippen LogP contribution in [0.15, 0.2) is 47.0 Å². The first-order valence-corrected chi connectivity index (χ1v) is 17.6. The van der Waals surface area contributed by atoms with Crippen LogP contribution >= 0.6 is 23.2 Å². The number of hydrogen-bond donors (Lipinski definition) is 3. The number of aromatic nitrogens is 3. The van der Waals surface area contributed by atoms with Crippen LogP contribution in [-0.4, -0.2) is 39.5 Å². The number of carbonyl (C=O) groups is 3. The molecule has 0 fully saturated rings. The monoisotopic (exact) mass is 713 g/mol. The van der Waals surface area contributed by atoms with E-state index < -0.39 is 11.5 Å². The second-order valence-corrected chi connectivity index (χ2v) is 13.6. The van der Waals surface area contributed by atoms with Crippen LogP contribution < -0.4 is 10.6 Å². The highest BCUT2D eigenvalue weighted by Gasteiger charge is 2.40. The van der Waals surface area contributed by atoms with E-state index in [1.54, 1.807) is 13.0 Å². The fourth-order valence-electron chi connectivity index (χ4n) is 5.22. The van der Waals surface area contributed by atoms with Crippen molar-refractivity contribution in [3.05, 3.63) is 81.0 Å². The average molecular weight is 715 g/mol. The molecule has 0 saturated carbocycles. The van der Waals surface area contributed by atoms with E-state index in [1.165, 1.54) is 19.8 Å². The van der Waals surface area contributed by atoms with E-state index in [2.05, 4.69) is 53.5 Å². The number of rotatable bonds is 10. The van der Waals surface area contributed by atoms with Crippen LogP contribution in [0.1, 0.15) is 102 Å². The van der Waals surface area contributed by atoms with Crippen molar-refractivity contribution in [3.63, 3.8) is 0 Å². The van der Waals surface area contributed by atoms with Crippen molar-refractivity contribution >= 4 is 51.9 Å². The van der Waals surface area contributed by atoms with Crippen molar-refractivity contribution < 1.29 is 23.6 Å². The number of ketones is 1. The first kappa shape index (κ1) is 39.5. The number of halogens is 2. The SMILES string of the molecule is CC(=O)CNC(=O)OCc1ccccc1.CCC(C)[C@H](NC(=O)[C@]1(C)CCc2[nH]c3c(Cl)cc(Cl)cc3c2C1)c1nc(C)no1.CCCC. The van der Waals surface area contributed by atoms with Crippen LogP contribution in [0.2, 0.25) is 10.0 Å². The quantitative estimate of drug-likeness (QED) is 0.149. The highest BCUT2D eigenvalue weighted by atomic mass is 35.5. The molecule has 1 aliphatic carbocycles. The number of Topliss-reactive ketones (excluding diaryl/α,β-unsaturated/α-hetero) is 1. The van der Waals surface area contributed by atoms with Gasteiger partial charge in [0.15, 0.2) is 5.82 Å². The van der Waals surface area contributed by atoms with Gasteiger partial charge in [-0.05, 0) is 62.3 Å². The summed E-state index contributed by atoms with van der Waals surface area (Å²) in [6, 6.07) is 12.7. The lowest BCUT2D eigenvalue weighted by Crippen LogP contribution is -2.45. The van der Waals surface area contributed by atoms with E-state index in [-0.39, 0.29) is 36.8 Å². The second kappa shape index (κ2) is 18.8. The Morgan fingerprint density at radius 1 is 1.10 bits per heavy atom. The Morgan fingerprint density at radius 3 is 2.39 bits per heavy atom. The van der Waals surface area contributed by atoms with Crippen LogP contribution in [0, 0.1) is 18.3 Å². The Hall–Kier alpha value is -3.89. The predicted octanol–water partition coefficient (Wildman–Crippen LogP) is 8.87. The first-order valence-electron chi connectivity index (χ1n) is 16.8. The van der Waals surface area contributed by atoms with Crippen LogP contribution in [0.3, 0.4) is 0 Å². The molecule has 5 rings (SSSR count).